The highest BCUT2D eigenvalue weighted by atomic mass is 32.1. The van der Waals surface area contributed by atoms with Crippen LogP contribution in [0.2, 0.25) is 0 Å². The molecule has 5 nitrogen and oxygen atoms in total. The Balaban J connectivity index is 0.00000220. The van der Waals surface area contributed by atoms with Crippen molar-refractivity contribution in [3.8, 4) is 0 Å². The molecular weight excluding hydrogens is 291 g/mol. The third-order valence-corrected chi connectivity index (χ3v) is 3.13. The van der Waals surface area contributed by atoms with E-state index in [0.29, 0.717) is 23.1 Å². The Labute approximate surface area is 130 Å². The number of nitrogens with one attached hydrogen (secondary N) is 1. The number of hydrogen-bond acceptors (Lipinski definition) is 5. The van der Waals surface area contributed by atoms with E-state index >= 15 is 0 Å². The van der Waals surface area contributed by atoms with Crippen molar-refractivity contribution >= 4 is 36.2 Å². The molecule has 1 atom stereocenters. The average Bonchev–Trinajstić information content (AvgIpc) is 2.40. The van der Waals surface area contributed by atoms with Gasteiger partial charge in [0.05, 0.1) is 5.52 Å². The number of nitrogens with two attached hydrogens (primary N) is 1. The largest absolute Gasteiger partial charge is 0.396 e. The average molecular weight is 312 g/mol. The molecule has 0 aliphatic rings. The molecule has 0 bridgehead atoms. The number of halogens is 1. The van der Waals surface area contributed by atoms with Gasteiger partial charge in [0.2, 0.25) is 5.95 Å². The summed E-state index contributed by atoms with van der Waals surface area (Å²) in [4.78, 5) is 8.24. The number of nitrogen functional groups attached to an aromatic ring is 1. The minimum absolute atomic E-state index is 0. The van der Waals surface area contributed by atoms with Crippen LogP contribution < -0.4 is 11.1 Å². The molecule has 4 N–H and O–H groups in total. The van der Waals surface area contributed by atoms with E-state index in [1.807, 2.05) is 0 Å². The summed E-state index contributed by atoms with van der Waals surface area (Å²) in [6.07, 6.45) is 2.47. The van der Waals surface area contributed by atoms with Crippen LogP contribution in [0.25, 0.3) is 10.9 Å². The van der Waals surface area contributed by atoms with Crippen LogP contribution >= 0.6 is 13.5 Å². The van der Waals surface area contributed by atoms with Crippen molar-refractivity contribution in [2.75, 3.05) is 17.7 Å². The summed E-state index contributed by atoms with van der Waals surface area (Å²) in [5.41, 5.74) is 6.28. The molecule has 2 aromatic rings. The molecule has 0 aliphatic carbocycles. The van der Waals surface area contributed by atoms with Crippen LogP contribution in [0, 0.1) is 5.82 Å². The van der Waals surface area contributed by atoms with E-state index in [1.165, 1.54) is 12.1 Å². The molecule has 0 aliphatic heterocycles. The van der Waals surface area contributed by atoms with Crippen molar-refractivity contribution in [2.45, 2.75) is 32.2 Å². The Kier molecular flexibility index (Phi) is 6.64. The van der Waals surface area contributed by atoms with E-state index < -0.39 is 0 Å². The van der Waals surface area contributed by atoms with Crippen LogP contribution in [0.4, 0.5) is 16.2 Å². The lowest BCUT2D eigenvalue weighted by atomic mass is 10.1. The third kappa shape index (κ3) is 4.44. The second-order valence-corrected chi connectivity index (χ2v) is 4.73. The van der Waals surface area contributed by atoms with Gasteiger partial charge in [0, 0.05) is 18.0 Å². The van der Waals surface area contributed by atoms with Gasteiger partial charge in [-0.1, -0.05) is 13.3 Å². The van der Waals surface area contributed by atoms with Gasteiger partial charge in [0.25, 0.3) is 0 Å². The Bertz CT molecular complexity index is 590. The maximum absolute atomic E-state index is 13.4. The summed E-state index contributed by atoms with van der Waals surface area (Å²) in [7, 11) is 0. The van der Waals surface area contributed by atoms with Crippen LogP contribution in [0.15, 0.2) is 18.2 Å². The molecule has 2 rings (SSSR count). The molecule has 0 spiro atoms. The molecule has 0 fully saturated rings. The molecule has 1 heterocycles. The molecular formula is C14H21FN4OS. The second-order valence-electron chi connectivity index (χ2n) is 4.73. The standard InChI is InChI=1S/C14H19FN4O.H2S/c1-2-3-10(6-7-20)17-13-11-8-9(15)4-5-12(11)18-14(16)19-13;/h4-5,8,10,20H,2-3,6-7H2,1H3,(H3,16,17,18,19);1H2/t10-;/m0./s1. The first-order valence-electron chi connectivity index (χ1n) is 6.74. The Morgan fingerprint density at radius 1 is 1.33 bits per heavy atom. The lowest BCUT2D eigenvalue weighted by Crippen LogP contribution is -2.22. The number of fused-ring (bicyclic) bond motifs is 1. The zero-order valence-electron chi connectivity index (χ0n) is 11.9. The molecule has 0 amide bonds. The zero-order valence-corrected chi connectivity index (χ0v) is 12.9. The quantitative estimate of drug-likeness (QED) is 0.763. The van der Waals surface area contributed by atoms with E-state index in [0.717, 1.165) is 12.8 Å². The second kappa shape index (κ2) is 7.99. The van der Waals surface area contributed by atoms with Gasteiger partial charge in [-0.3, -0.25) is 0 Å². The van der Waals surface area contributed by atoms with E-state index in [4.69, 9.17) is 10.8 Å². The topological polar surface area (TPSA) is 84.1 Å². The number of aromatic nitrogens is 2. The fourth-order valence-corrected chi connectivity index (χ4v) is 2.21. The summed E-state index contributed by atoms with van der Waals surface area (Å²) in [6.45, 7) is 2.16. The summed E-state index contributed by atoms with van der Waals surface area (Å²) >= 11 is 0. The highest BCUT2D eigenvalue weighted by molar-refractivity contribution is 7.59. The molecule has 0 unspecified atom stereocenters. The van der Waals surface area contributed by atoms with Gasteiger partial charge in [0.1, 0.15) is 11.6 Å². The first kappa shape index (κ1) is 17.5. The summed E-state index contributed by atoms with van der Waals surface area (Å²) in [6, 6.07) is 4.38. The molecule has 0 saturated heterocycles. The normalized spacial score (nSPS) is 12.0. The SMILES string of the molecule is CCC[C@@H](CCO)Nc1nc(N)nc2ccc(F)cc12.S. The predicted octanol–water partition coefficient (Wildman–Crippen LogP) is 2.43. The molecule has 0 saturated carbocycles. The first-order valence-corrected chi connectivity index (χ1v) is 6.74. The molecule has 0 radical (unpaired) electrons. The Morgan fingerprint density at radius 2 is 2.10 bits per heavy atom. The minimum Gasteiger partial charge on any atom is -0.396 e. The summed E-state index contributed by atoms with van der Waals surface area (Å²) in [5.74, 6) is 0.313. The number of anilines is 2. The van der Waals surface area contributed by atoms with Crippen LogP contribution in [0.3, 0.4) is 0 Å². The smallest absolute Gasteiger partial charge is 0.222 e. The number of hydrogen-bond donors (Lipinski definition) is 3. The van der Waals surface area contributed by atoms with Gasteiger partial charge >= 0.3 is 0 Å². The van der Waals surface area contributed by atoms with Crippen molar-refractivity contribution < 1.29 is 9.50 Å². The highest BCUT2D eigenvalue weighted by Crippen LogP contribution is 2.23. The molecule has 116 valence electrons. The van der Waals surface area contributed by atoms with Crippen molar-refractivity contribution in [3.05, 3.63) is 24.0 Å². The minimum atomic E-state index is -0.344. The lowest BCUT2D eigenvalue weighted by molar-refractivity contribution is 0.276. The number of aliphatic hydroxyl groups is 1. The van der Waals surface area contributed by atoms with Crippen LogP contribution in [-0.4, -0.2) is 27.7 Å². The molecule has 1 aromatic carbocycles. The van der Waals surface area contributed by atoms with Gasteiger partial charge in [-0.15, -0.1) is 0 Å². The molecule has 7 heteroatoms. The van der Waals surface area contributed by atoms with E-state index in [1.54, 1.807) is 6.07 Å². The highest BCUT2D eigenvalue weighted by Gasteiger charge is 2.12. The maximum atomic E-state index is 13.4. The number of rotatable bonds is 6. The Hall–Kier alpha value is -1.60. The molecule has 21 heavy (non-hydrogen) atoms. The van der Waals surface area contributed by atoms with E-state index in [-0.39, 0.29) is 37.9 Å². The monoisotopic (exact) mass is 312 g/mol. The number of benzene rings is 1. The van der Waals surface area contributed by atoms with E-state index in [9.17, 15) is 4.39 Å². The van der Waals surface area contributed by atoms with Crippen molar-refractivity contribution in [3.63, 3.8) is 0 Å². The lowest BCUT2D eigenvalue weighted by Gasteiger charge is -2.19. The van der Waals surface area contributed by atoms with Crippen LogP contribution in [-0.2, 0) is 0 Å². The summed E-state index contributed by atoms with van der Waals surface area (Å²) in [5, 5.41) is 12.9. The fourth-order valence-electron chi connectivity index (χ4n) is 2.21. The molecule has 1 aromatic heterocycles. The van der Waals surface area contributed by atoms with Crippen molar-refractivity contribution in [1.29, 1.82) is 0 Å². The number of nitrogens with zero attached hydrogens (tertiary/aromatic N) is 2. The van der Waals surface area contributed by atoms with Crippen molar-refractivity contribution in [1.82, 2.24) is 9.97 Å². The van der Waals surface area contributed by atoms with Crippen molar-refractivity contribution in [2.24, 2.45) is 0 Å². The van der Waals surface area contributed by atoms with Crippen LogP contribution in [0.5, 0.6) is 0 Å². The van der Waals surface area contributed by atoms with Gasteiger partial charge in [-0.2, -0.15) is 18.5 Å². The Morgan fingerprint density at radius 3 is 2.76 bits per heavy atom. The zero-order chi connectivity index (χ0) is 14.5. The first-order chi connectivity index (χ1) is 9.63. The van der Waals surface area contributed by atoms with Crippen LogP contribution in [0.1, 0.15) is 26.2 Å². The summed E-state index contributed by atoms with van der Waals surface area (Å²) < 4.78 is 13.4. The fraction of sp³-hybridized carbons (Fsp3) is 0.429. The van der Waals surface area contributed by atoms with Gasteiger partial charge in [-0.25, -0.2) is 9.37 Å². The van der Waals surface area contributed by atoms with Gasteiger partial charge < -0.3 is 16.2 Å². The van der Waals surface area contributed by atoms with E-state index in [2.05, 4.69) is 22.2 Å². The van der Waals surface area contributed by atoms with Gasteiger partial charge in [0.15, 0.2) is 0 Å². The number of aliphatic hydroxyl groups excluding tert-OH is 1. The third-order valence-electron chi connectivity index (χ3n) is 3.13. The predicted molar refractivity (Wildman–Crippen MR) is 88.3 cm³/mol. The van der Waals surface area contributed by atoms with Gasteiger partial charge in [-0.05, 0) is 31.0 Å². The maximum Gasteiger partial charge on any atom is 0.222 e.